The molecule has 1 aromatic heterocycles. The lowest BCUT2D eigenvalue weighted by molar-refractivity contribution is -0.143. The number of benzene rings is 2. The largest absolute Gasteiger partial charge is 0.489 e. The molecule has 3 heterocycles. The molecule has 0 radical (unpaired) electrons. The van der Waals surface area contributed by atoms with Crippen LogP contribution in [0.15, 0.2) is 35.2 Å². The van der Waals surface area contributed by atoms with Crippen LogP contribution in [0.4, 0.5) is 28.9 Å². The van der Waals surface area contributed by atoms with E-state index in [1.807, 2.05) is 6.07 Å². The van der Waals surface area contributed by atoms with Gasteiger partial charge in [0.1, 0.15) is 23.1 Å². The molecule has 3 fully saturated rings. The average molecular weight is 781 g/mol. The molecule has 2 saturated heterocycles. The van der Waals surface area contributed by atoms with Gasteiger partial charge in [0.25, 0.3) is 10.0 Å². The van der Waals surface area contributed by atoms with Crippen LogP contribution >= 0.6 is 11.3 Å². The maximum Gasteiger partial charge on any atom is 0.393 e. The Morgan fingerprint density at radius 2 is 1.83 bits per heavy atom. The van der Waals surface area contributed by atoms with Gasteiger partial charge in [0, 0.05) is 43.7 Å². The van der Waals surface area contributed by atoms with Gasteiger partial charge in [-0.15, -0.1) is 11.3 Å². The smallest absolute Gasteiger partial charge is 0.393 e. The van der Waals surface area contributed by atoms with Gasteiger partial charge in [0.15, 0.2) is 0 Å². The molecule has 1 amide bonds. The standard InChI is InChI=1S/C37H44F4N4O6S2/c1-24(46)44-53(47,48)34-20-32(51-18-17-49-2)31(19-29(34)38)42-14-4-7-33-28(21-37(39,40)41)27-5-3-6-30(35(27)52-33)43-25-8-10-26(11-9-25)45-15-12-36(13-16-45)22-50-23-36/h3,5-6,19-20,25-26,42-43H,8-18,21-23H2,1-2H3,(H,44,46). The topological polar surface area (TPSA) is 118 Å². The first kappa shape index (κ1) is 39.1. The minimum atomic E-state index is -4.52. The Morgan fingerprint density at radius 3 is 2.47 bits per heavy atom. The van der Waals surface area contributed by atoms with E-state index in [0.29, 0.717) is 21.5 Å². The van der Waals surface area contributed by atoms with Gasteiger partial charge in [0.05, 0.1) is 53.7 Å². The summed E-state index contributed by atoms with van der Waals surface area (Å²) in [4.78, 5) is 13.5. The summed E-state index contributed by atoms with van der Waals surface area (Å²) in [5, 5.41) is 7.01. The molecular weight excluding hydrogens is 737 g/mol. The number of ether oxygens (including phenoxy) is 3. The highest BCUT2D eigenvalue weighted by Crippen LogP contribution is 2.42. The molecule has 1 spiro atoms. The minimum Gasteiger partial charge on any atom is -0.489 e. The SMILES string of the molecule is COCCOc1cc(S(=O)(=O)NC(C)=O)c(F)cc1NCC#Cc1sc2c(NC3CCC(N4CCC5(CC4)COC5)CC3)cccc2c1CC(F)(F)F. The van der Waals surface area contributed by atoms with Crippen LogP contribution in [0.3, 0.4) is 0 Å². The van der Waals surface area contributed by atoms with Gasteiger partial charge in [-0.1, -0.05) is 24.0 Å². The number of halogens is 4. The number of thiophene rings is 1. The third-order valence-corrected chi connectivity index (χ3v) is 12.8. The van der Waals surface area contributed by atoms with Crippen molar-refractivity contribution in [1.82, 2.24) is 9.62 Å². The first-order valence-electron chi connectivity index (χ1n) is 17.7. The lowest BCUT2D eigenvalue weighted by Gasteiger charge is -2.49. The molecule has 53 heavy (non-hydrogen) atoms. The zero-order chi connectivity index (χ0) is 37.8. The molecule has 1 aliphatic carbocycles. The maximum atomic E-state index is 15.0. The second-order valence-corrected chi connectivity index (χ2v) is 16.7. The monoisotopic (exact) mass is 780 g/mol. The van der Waals surface area contributed by atoms with Gasteiger partial charge in [-0.2, -0.15) is 13.2 Å². The number of hydrogen-bond donors (Lipinski definition) is 3. The predicted octanol–water partition coefficient (Wildman–Crippen LogP) is 6.29. The lowest BCUT2D eigenvalue weighted by Crippen LogP contribution is -2.53. The number of carbonyl (C=O) groups is 1. The molecule has 0 unspecified atom stereocenters. The molecule has 3 N–H and O–H groups in total. The number of fused-ring (bicyclic) bond motifs is 1. The predicted molar refractivity (Wildman–Crippen MR) is 195 cm³/mol. The van der Waals surface area contributed by atoms with Gasteiger partial charge in [-0.25, -0.2) is 17.5 Å². The van der Waals surface area contributed by atoms with Crippen LogP contribution in [0.2, 0.25) is 0 Å². The number of rotatable bonds is 12. The van der Waals surface area contributed by atoms with Gasteiger partial charge < -0.3 is 29.7 Å². The normalized spacial score (nSPS) is 20.3. The number of nitrogens with one attached hydrogen (secondary N) is 3. The van der Waals surface area contributed by atoms with E-state index in [0.717, 1.165) is 76.7 Å². The number of piperidine rings is 1. The van der Waals surface area contributed by atoms with Crippen LogP contribution in [-0.2, 0) is 30.7 Å². The number of alkyl halides is 3. The molecule has 288 valence electrons. The van der Waals surface area contributed by atoms with Crippen molar-refractivity contribution in [1.29, 1.82) is 0 Å². The summed E-state index contributed by atoms with van der Waals surface area (Å²) in [7, 11) is -3.08. The highest BCUT2D eigenvalue weighted by molar-refractivity contribution is 7.90. The number of nitrogens with zero attached hydrogens (tertiary/aromatic N) is 1. The second kappa shape index (κ2) is 16.4. The van der Waals surface area contributed by atoms with E-state index in [1.165, 1.54) is 31.3 Å². The van der Waals surface area contributed by atoms with Gasteiger partial charge >= 0.3 is 6.18 Å². The molecule has 2 aromatic carbocycles. The molecule has 3 aromatic rings. The third-order valence-electron chi connectivity index (χ3n) is 10.2. The summed E-state index contributed by atoms with van der Waals surface area (Å²) in [6.45, 7) is 5.00. The highest BCUT2D eigenvalue weighted by Gasteiger charge is 2.42. The first-order valence-corrected chi connectivity index (χ1v) is 20.0. The van der Waals surface area contributed by atoms with E-state index in [9.17, 15) is 26.4 Å². The van der Waals surface area contributed by atoms with Crippen LogP contribution in [0.1, 0.15) is 55.9 Å². The Balaban J connectivity index is 1.17. The number of carbonyl (C=O) groups excluding carboxylic acids is 1. The van der Waals surface area contributed by atoms with Crippen molar-refractivity contribution in [2.45, 2.75) is 75.0 Å². The Bertz CT molecular complexity index is 1950. The van der Waals surface area contributed by atoms with E-state index in [2.05, 4.69) is 27.4 Å². The Morgan fingerprint density at radius 1 is 1.09 bits per heavy atom. The number of amides is 1. The van der Waals surface area contributed by atoms with E-state index in [1.54, 1.807) is 16.9 Å². The zero-order valence-electron chi connectivity index (χ0n) is 29.7. The summed E-state index contributed by atoms with van der Waals surface area (Å²) in [5.74, 6) is 3.64. The Labute approximate surface area is 311 Å². The van der Waals surface area contributed by atoms with Crippen LogP contribution in [-0.4, -0.2) is 90.7 Å². The third kappa shape index (κ3) is 9.55. The number of sulfonamides is 1. The van der Waals surface area contributed by atoms with Crippen LogP contribution in [0, 0.1) is 23.1 Å². The Kier molecular flexibility index (Phi) is 12.1. The quantitative estimate of drug-likeness (QED) is 0.111. The summed E-state index contributed by atoms with van der Waals surface area (Å²) in [6.07, 6.45) is 0.868. The number of likely N-dealkylation sites (tertiary alicyclic amines) is 1. The molecule has 6 rings (SSSR count). The first-order chi connectivity index (χ1) is 25.3. The fraction of sp³-hybridized carbons (Fsp3) is 0.541. The van der Waals surface area contributed by atoms with Crippen LogP contribution in [0.25, 0.3) is 10.1 Å². The van der Waals surface area contributed by atoms with E-state index in [4.69, 9.17) is 14.2 Å². The molecule has 0 bridgehead atoms. The lowest BCUT2D eigenvalue weighted by atomic mass is 9.76. The van der Waals surface area contributed by atoms with Crippen molar-refractivity contribution in [3.63, 3.8) is 0 Å². The molecule has 3 aliphatic rings. The van der Waals surface area contributed by atoms with Crippen LogP contribution in [0.5, 0.6) is 5.75 Å². The molecule has 16 heteroatoms. The van der Waals surface area contributed by atoms with Crippen molar-refractivity contribution >= 4 is 48.7 Å². The van der Waals surface area contributed by atoms with Crippen molar-refractivity contribution < 1.29 is 45.0 Å². The number of methoxy groups -OCH3 is 1. The minimum absolute atomic E-state index is 0.00227. The van der Waals surface area contributed by atoms with Crippen molar-refractivity contribution in [3.05, 3.63) is 46.6 Å². The Hall–Kier alpha value is -3.62. The summed E-state index contributed by atoms with van der Waals surface area (Å²) in [5.41, 5.74) is 1.34. The summed E-state index contributed by atoms with van der Waals surface area (Å²) >= 11 is 1.20. The number of hydrogen-bond acceptors (Lipinski definition) is 10. The average Bonchev–Trinajstić information content (AvgIpc) is 3.43. The fourth-order valence-electron chi connectivity index (χ4n) is 7.35. The highest BCUT2D eigenvalue weighted by atomic mass is 32.2. The summed E-state index contributed by atoms with van der Waals surface area (Å²) < 4.78 is 100. The molecule has 1 saturated carbocycles. The van der Waals surface area contributed by atoms with Gasteiger partial charge in [-0.3, -0.25) is 4.79 Å². The van der Waals surface area contributed by atoms with Gasteiger partial charge in [-0.05, 0) is 68.6 Å². The zero-order valence-corrected chi connectivity index (χ0v) is 31.3. The maximum absolute atomic E-state index is 15.0. The molecule has 10 nitrogen and oxygen atoms in total. The number of anilines is 2. The van der Waals surface area contributed by atoms with Crippen molar-refractivity contribution in [3.8, 4) is 17.6 Å². The summed E-state index contributed by atoms with van der Waals surface area (Å²) in [6, 6.07) is 7.96. The van der Waals surface area contributed by atoms with Crippen LogP contribution < -0.4 is 20.1 Å². The second-order valence-electron chi connectivity index (χ2n) is 14.0. The van der Waals surface area contributed by atoms with E-state index in [-0.39, 0.29) is 47.7 Å². The molecule has 2 aliphatic heterocycles. The van der Waals surface area contributed by atoms with Gasteiger partial charge in [0.2, 0.25) is 5.91 Å². The fourth-order valence-corrected chi connectivity index (χ4v) is 9.59. The van der Waals surface area contributed by atoms with E-state index >= 15 is 4.39 Å². The van der Waals surface area contributed by atoms with E-state index < -0.39 is 39.2 Å². The molecule has 0 atom stereocenters. The van der Waals surface area contributed by atoms with Crippen molar-refractivity contribution in [2.24, 2.45) is 5.41 Å². The van der Waals surface area contributed by atoms with Crippen molar-refractivity contribution in [2.75, 3.05) is 63.8 Å². The molecular formula is C37H44F4N4O6S2.